The molecule has 1 unspecified atom stereocenters. The van der Waals surface area contributed by atoms with E-state index >= 15 is 0 Å². The third kappa shape index (κ3) is 4.77. The monoisotopic (exact) mass is 415 g/mol. The van der Waals surface area contributed by atoms with Crippen LogP contribution in [-0.4, -0.2) is 17.4 Å². The first-order valence-electron chi connectivity index (χ1n) is 10.5. The van der Waals surface area contributed by atoms with Crippen LogP contribution in [0.5, 0.6) is 5.75 Å². The minimum atomic E-state index is -0.423. The van der Waals surface area contributed by atoms with Crippen LogP contribution in [0.25, 0.3) is 10.9 Å². The molecule has 0 fully saturated rings. The zero-order valence-electron chi connectivity index (χ0n) is 17.7. The molecule has 0 saturated heterocycles. The Hall–Kier alpha value is -3.60. The Balaban J connectivity index is 1.66. The van der Waals surface area contributed by atoms with Crippen molar-refractivity contribution in [3.63, 3.8) is 0 Å². The molecular formula is C26H25NO4. The molecule has 0 aliphatic carbocycles. The van der Waals surface area contributed by atoms with E-state index in [0.29, 0.717) is 30.6 Å². The summed E-state index contributed by atoms with van der Waals surface area (Å²) >= 11 is 0. The van der Waals surface area contributed by atoms with Crippen molar-refractivity contribution in [3.8, 4) is 5.75 Å². The molecule has 0 saturated carbocycles. The van der Waals surface area contributed by atoms with Crippen LogP contribution < -0.4 is 10.3 Å². The number of pyridine rings is 1. The van der Waals surface area contributed by atoms with Crippen LogP contribution in [0.4, 0.5) is 0 Å². The number of hydrogen-bond donors (Lipinski definition) is 1. The number of Topliss-reactive ketones (excluding diaryl/α,β-unsaturated/α-hetero) is 1. The molecule has 158 valence electrons. The van der Waals surface area contributed by atoms with Crippen LogP contribution in [0, 0.1) is 12.8 Å². The van der Waals surface area contributed by atoms with E-state index in [1.807, 2.05) is 44.2 Å². The summed E-state index contributed by atoms with van der Waals surface area (Å²) in [6, 6.07) is 18.6. The fraction of sp³-hybridized carbons (Fsp3) is 0.231. The molecule has 2 heterocycles. The van der Waals surface area contributed by atoms with Crippen LogP contribution in [0.3, 0.4) is 0 Å². The van der Waals surface area contributed by atoms with Gasteiger partial charge in [-0.15, -0.1) is 0 Å². The number of hydrogen-bond acceptors (Lipinski definition) is 4. The van der Waals surface area contributed by atoms with E-state index in [0.717, 1.165) is 28.0 Å². The first-order chi connectivity index (χ1) is 15.0. The van der Waals surface area contributed by atoms with Crippen LogP contribution in [0.1, 0.15) is 34.2 Å². The SMILES string of the molecule is CCOc1ccc(C(=O)C(Cc2ccco2)Cc2cc3ccc(C)cc3[nH]c2=O)cc1. The molecule has 0 amide bonds. The van der Waals surface area contributed by atoms with E-state index in [9.17, 15) is 9.59 Å². The van der Waals surface area contributed by atoms with Crippen LogP contribution in [0.15, 0.2) is 76.1 Å². The summed E-state index contributed by atoms with van der Waals surface area (Å²) in [5.74, 6) is 0.996. The molecule has 4 rings (SSSR count). The van der Waals surface area contributed by atoms with Crippen molar-refractivity contribution < 1.29 is 13.9 Å². The number of fused-ring (bicyclic) bond motifs is 1. The van der Waals surface area contributed by atoms with Gasteiger partial charge in [0.1, 0.15) is 11.5 Å². The molecule has 31 heavy (non-hydrogen) atoms. The minimum absolute atomic E-state index is 0.0251. The quantitative estimate of drug-likeness (QED) is 0.406. The predicted molar refractivity (Wildman–Crippen MR) is 121 cm³/mol. The number of furan rings is 1. The molecule has 1 atom stereocenters. The number of aryl methyl sites for hydroxylation is 1. The number of carbonyl (C=O) groups excluding carboxylic acids is 1. The van der Waals surface area contributed by atoms with Crippen molar-refractivity contribution in [1.82, 2.24) is 4.98 Å². The van der Waals surface area contributed by atoms with Gasteiger partial charge in [0.25, 0.3) is 5.56 Å². The summed E-state index contributed by atoms with van der Waals surface area (Å²) in [4.78, 5) is 29.1. The second-order valence-electron chi connectivity index (χ2n) is 7.72. The van der Waals surface area contributed by atoms with E-state index in [-0.39, 0.29) is 11.3 Å². The maximum atomic E-state index is 13.4. The lowest BCUT2D eigenvalue weighted by atomic mass is 9.88. The standard InChI is InChI=1S/C26H25NO4/c1-3-30-22-10-8-18(9-11-22)25(28)20(16-23-5-4-12-31-23)15-21-14-19-7-6-17(2)13-24(19)27-26(21)29/h4-14,20H,3,15-16H2,1-2H3,(H,27,29). The summed E-state index contributed by atoms with van der Waals surface area (Å²) in [6.45, 7) is 4.47. The maximum Gasteiger partial charge on any atom is 0.251 e. The second-order valence-corrected chi connectivity index (χ2v) is 7.72. The summed E-state index contributed by atoms with van der Waals surface area (Å²) < 4.78 is 11.0. The maximum absolute atomic E-state index is 13.4. The molecule has 5 heteroatoms. The van der Waals surface area contributed by atoms with Gasteiger partial charge in [-0.1, -0.05) is 12.1 Å². The minimum Gasteiger partial charge on any atom is -0.494 e. The molecule has 1 N–H and O–H groups in total. The fourth-order valence-electron chi connectivity index (χ4n) is 3.82. The van der Waals surface area contributed by atoms with Crippen LogP contribution in [0.2, 0.25) is 0 Å². The third-order valence-corrected chi connectivity index (χ3v) is 5.39. The number of carbonyl (C=O) groups is 1. The van der Waals surface area contributed by atoms with Gasteiger partial charge >= 0.3 is 0 Å². The topological polar surface area (TPSA) is 72.3 Å². The average Bonchev–Trinajstić information content (AvgIpc) is 3.27. The van der Waals surface area contributed by atoms with Gasteiger partial charge in [0.05, 0.1) is 12.9 Å². The first-order valence-corrected chi connectivity index (χ1v) is 10.5. The van der Waals surface area contributed by atoms with Gasteiger partial charge < -0.3 is 14.1 Å². The van der Waals surface area contributed by atoms with Gasteiger partial charge in [0.2, 0.25) is 0 Å². The van der Waals surface area contributed by atoms with Gasteiger partial charge in [-0.05, 0) is 79.7 Å². The van der Waals surface area contributed by atoms with Crippen molar-refractivity contribution in [3.05, 3.63) is 99.7 Å². The molecule has 0 spiro atoms. The summed E-state index contributed by atoms with van der Waals surface area (Å²) in [5, 5.41) is 0.950. The number of ether oxygens (including phenoxy) is 1. The molecular weight excluding hydrogens is 390 g/mol. The zero-order valence-corrected chi connectivity index (χ0v) is 17.7. The van der Waals surface area contributed by atoms with Crippen molar-refractivity contribution in [2.75, 3.05) is 6.61 Å². The Morgan fingerprint density at radius 1 is 1.06 bits per heavy atom. The molecule has 0 bridgehead atoms. The highest BCUT2D eigenvalue weighted by Gasteiger charge is 2.24. The number of nitrogens with one attached hydrogen (secondary N) is 1. The van der Waals surface area contributed by atoms with E-state index in [4.69, 9.17) is 9.15 Å². The zero-order chi connectivity index (χ0) is 21.8. The smallest absolute Gasteiger partial charge is 0.251 e. The van der Waals surface area contributed by atoms with E-state index in [1.54, 1.807) is 36.6 Å². The van der Waals surface area contributed by atoms with Crippen LogP contribution >= 0.6 is 0 Å². The molecule has 0 aliphatic rings. The normalized spacial score (nSPS) is 12.1. The highest BCUT2D eigenvalue weighted by atomic mass is 16.5. The van der Waals surface area contributed by atoms with E-state index in [2.05, 4.69) is 4.98 Å². The van der Waals surface area contributed by atoms with E-state index in [1.165, 1.54) is 0 Å². The summed E-state index contributed by atoms with van der Waals surface area (Å²) in [7, 11) is 0. The Kier molecular flexibility index (Phi) is 6.03. The largest absolute Gasteiger partial charge is 0.494 e. The first kappa shape index (κ1) is 20.7. The molecule has 0 aliphatic heterocycles. The Bertz CT molecular complexity index is 1240. The van der Waals surface area contributed by atoms with Gasteiger partial charge in [-0.2, -0.15) is 0 Å². The summed E-state index contributed by atoms with van der Waals surface area (Å²) in [6.07, 6.45) is 2.34. The van der Waals surface area contributed by atoms with Gasteiger partial charge in [-0.3, -0.25) is 9.59 Å². The number of aromatic amines is 1. The van der Waals surface area contributed by atoms with Gasteiger partial charge in [0.15, 0.2) is 5.78 Å². The Labute approximate surface area is 180 Å². The molecule has 0 radical (unpaired) electrons. The third-order valence-electron chi connectivity index (χ3n) is 5.39. The molecule has 5 nitrogen and oxygen atoms in total. The lowest BCUT2D eigenvalue weighted by Gasteiger charge is -2.15. The lowest BCUT2D eigenvalue weighted by molar-refractivity contribution is 0.0914. The van der Waals surface area contributed by atoms with Crippen molar-refractivity contribution in [1.29, 1.82) is 0 Å². The van der Waals surface area contributed by atoms with Crippen LogP contribution in [-0.2, 0) is 12.8 Å². The van der Waals surface area contributed by atoms with Gasteiger partial charge in [0, 0.05) is 29.0 Å². The van der Waals surface area contributed by atoms with Crippen molar-refractivity contribution in [2.45, 2.75) is 26.7 Å². The average molecular weight is 415 g/mol. The fourth-order valence-corrected chi connectivity index (χ4v) is 3.82. The van der Waals surface area contributed by atoms with E-state index < -0.39 is 5.92 Å². The molecule has 4 aromatic rings. The van der Waals surface area contributed by atoms with Crippen molar-refractivity contribution in [2.24, 2.45) is 5.92 Å². The highest BCUT2D eigenvalue weighted by Crippen LogP contribution is 2.22. The number of benzene rings is 2. The number of ketones is 1. The Morgan fingerprint density at radius 2 is 1.87 bits per heavy atom. The number of H-pyrrole nitrogens is 1. The Morgan fingerprint density at radius 3 is 2.58 bits per heavy atom. The molecule has 2 aromatic heterocycles. The summed E-state index contributed by atoms with van der Waals surface area (Å²) in [5.41, 5.74) is 2.90. The lowest BCUT2D eigenvalue weighted by Crippen LogP contribution is -2.24. The number of aromatic nitrogens is 1. The van der Waals surface area contributed by atoms with Crippen molar-refractivity contribution >= 4 is 16.7 Å². The number of rotatable bonds is 8. The van der Waals surface area contributed by atoms with Gasteiger partial charge in [-0.25, -0.2) is 0 Å². The second kappa shape index (κ2) is 9.04. The highest BCUT2D eigenvalue weighted by molar-refractivity contribution is 5.98. The molecule has 2 aromatic carbocycles. The predicted octanol–water partition coefficient (Wildman–Crippen LogP) is 5.11.